The molecule has 0 saturated heterocycles. The van der Waals surface area contributed by atoms with Gasteiger partial charge in [-0.2, -0.15) is 13.2 Å². The van der Waals surface area contributed by atoms with Crippen LogP contribution in [0.1, 0.15) is 29.3 Å². The minimum atomic E-state index is -4.16. The van der Waals surface area contributed by atoms with Gasteiger partial charge in [0, 0.05) is 25.2 Å². The second-order valence-corrected chi connectivity index (χ2v) is 4.38. The number of hydrogen-bond acceptors (Lipinski definition) is 2. The van der Waals surface area contributed by atoms with Crippen molar-refractivity contribution in [1.29, 1.82) is 0 Å². The average molecular weight is 274 g/mol. The molecule has 0 spiro atoms. The lowest BCUT2D eigenvalue weighted by Crippen LogP contribution is -2.30. The van der Waals surface area contributed by atoms with Crippen LogP contribution in [0.4, 0.5) is 13.2 Å². The Kier molecular flexibility index (Phi) is 5.35. The molecule has 0 aliphatic carbocycles. The summed E-state index contributed by atoms with van der Waals surface area (Å²) in [5.74, 6) is -0.190. The Morgan fingerprint density at radius 1 is 1.26 bits per heavy atom. The van der Waals surface area contributed by atoms with E-state index in [0.29, 0.717) is 12.1 Å². The van der Waals surface area contributed by atoms with Crippen LogP contribution in [0.15, 0.2) is 24.3 Å². The highest BCUT2D eigenvalue weighted by Crippen LogP contribution is 2.21. The van der Waals surface area contributed by atoms with Gasteiger partial charge in [-0.3, -0.25) is 4.79 Å². The lowest BCUT2D eigenvalue weighted by Gasteiger charge is -2.15. The van der Waals surface area contributed by atoms with Gasteiger partial charge in [0.25, 0.3) is 5.91 Å². The molecule has 1 aromatic rings. The molecule has 0 heterocycles. The van der Waals surface area contributed by atoms with Crippen molar-refractivity contribution in [2.45, 2.75) is 32.1 Å². The number of alkyl halides is 3. The van der Waals surface area contributed by atoms with Gasteiger partial charge in [-0.25, -0.2) is 0 Å². The molecule has 0 aromatic heterocycles. The normalized spacial score (nSPS) is 13.1. The highest BCUT2D eigenvalue weighted by molar-refractivity contribution is 5.93. The Balaban J connectivity index is 2.48. The van der Waals surface area contributed by atoms with Crippen LogP contribution in [0.3, 0.4) is 0 Å². The van der Waals surface area contributed by atoms with E-state index in [1.807, 2.05) is 0 Å². The highest BCUT2D eigenvalue weighted by Gasteiger charge is 2.29. The largest absolute Gasteiger partial charge is 0.390 e. The smallest absolute Gasteiger partial charge is 0.355 e. The van der Waals surface area contributed by atoms with Crippen LogP contribution >= 0.6 is 0 Å². The standard InChI is InChI=1S/C13H17F3N2O/c1-9(7-13(14,15)16)18-8-10-3-5-11(6-4-10)12(19)17-2/h3-6,9,18H,7-8H2,1-2H3,(H,17,19). The van der Waals surface area contributed by atoms with Crippen molar-refractivity contribution >= 4 is 5.91 Å². The van der Waals surface area contributed by atoms with Crippen LogP contribution < -0.4 is 10.6 Å². The molecule has 1 unspecified atom stereocenters. The van der Waals surface area contributed by atoms with E-state index in [1.165, 1.54) is 14.0 Å². The van der Waals surface area contributed by atoms with Crippen LogP contribution in [0.5, 0.6) is 0 Å². The number of carbonyl (C=O) groups excluding carboxylic acids is 1. The topological polar surface area (TPSA) is 41.1 Å². The van der Waals surface area contributed by atoms with E-state index in [0.717, 1.165) is 5.56 Å². The summed E-state index contributed by atoms with van der Waals surface area (Å²) in [6.45, 7) is 1.83. The van der Waals surface area contributed by atoms with Gasteiger partial charge >= 0.3 is 6.18 Å². The molecule has 0 bridgehead atoms. The molecule has 106 valence electrons. The van der Waals surface area contributed by atoms with E-state index in [-0.39, 0.29) is 5.91 Å². The van der Waals surface area contributed by atoms with Crippen LogP contribution in [0.2, 0.25) is 0 Å². The van der Waals surface area contributed by atoms with E-state index >= 15 is 0 Å². The first-order chi connectivity index (χ1) is 8.81. The van der Waals surface area contributed by atoms with Crippen molar-refractivity contribution in [3.63, 3.8) is 0 Å². The molecule has 1 amide bonds. The zero-order valence-corrected chi connectivity index (χ0v) is 10.8. The van der Waals surface area contributed by atoms with E-state index in [2.05, 4.69) is 10.6 Å². The van der Waals surface area contributed by atoms with Crippen molar-refractivity contribution in [2.24, 2.45) is 0 Å². The lowest BCUT2D eigenvalue weighted by atomic mass is 10.1. The van der Waals surface area contributed by atoms with Crippen LogP contribution in [-0.2, 0) is 6.54 Å². The van der Waals surface area contributed by atoms with Crippen molar-refractivity contribution in [1.82, 2.24) is 10.6 Å². The molecular formula is C13H17F3N2O. The van der Waals surface area contributed by atoms with E-state index < -0.39 is 18.6 Å². The van der Waals surface area contributed by atoms with Crippen LogP contribution in [0, 0.1) is 0 Å². The Morgan fingerprint density at radius 2 is 1.84 bits per heavy atom. The highest BCUT2D eigenvalue weighted by atomic mass is 19.4. The summed E-state index contributed by atoms with van der Waals surface area (Å²) in [5.41, 5.74) is 1.36. The van der Waals surface area contributed by atoms with Gasteiger partial charge in [-0.05, 0) is 24.6 Å². The molecule has 1 atom stereocenters. The second kappa shape index (κ2) is 6.56. The molecule has 1 rings (SSSR count). The maximum Gasteiger partial charge on any atom is 0.390 e. The van der Waals surface area contributed by atoms with Gasteiger partial charge in [0.1, 0.15) is 0 Å². The molecular weight excluding hydrogens is 257 g/mol. The maximum atomic E-state index is 12.1. The number of carbonyl (C=O) groups is 1. The fourth-order valence-electron chi connectivity index (χ4n) is 1.63. The van der Waals surface area contributed by atoms with Gasteiger partial charge in [0.2, 0.25) is 0 Å². The molecule has 0 saturated carbocycles. The van der Waals surface area contributed by atoms with E-state index in [9.17, 15) is 18.0 Å². The van der Waals surface area contributed by atoms with E-state index in [4.69, 9.17) is 0 Å². The van der Waals surface area contributed by atoms with Gasteiger partial charge in [-0.15, -0.1) is 0 Å². The third-order valence-electron chi connectivity index (χ3n) is 2.64. The zero-order chi connectivity index (χ0) is 14.5. The maximum absolute atomic E-state index is 12.1. The third-order valence-corrected chi connectivity index (χ3v) is 2.64. The Hall–Kier alpha value is -1.56. The summed E-state index contributed by atoms with van der Waals surface area (Å²) in [7, 11) is 1.54. The third kappa shape index (κ3) is 5.74. The Morgan fingerprint density at radius 3 is 2.32 bits per heavy atom. The van der Waals surface area contributed by atoms with Crippen LogP contribution in [0.25, 0.3) is 0 Å². The molecule has 1 aromatic carbocycles. The average Bonchev–Trinajstić information content (AvgIpc) is 2.34. The summed E-state index contributed by atoms with van der Waals surface area (Å²) in [6, 6.07) is 6.09. The molecule has 0 fully saturated rings. The van der Waals surface area contributed by atoms with Crippen molar-refractivity contribution in [3.8, 4) is 0 Å². The number of amides is 1. The SMILES string of the molecule is CNC(=O)c1ccc(CNC(C)CC(F)(F)F)cc1. The fraction of sp³-hybridized carbons (Fsp3) is 0.462. The predicted molar refractivity (Wildman–Crippen MR) is 66.8 cm³/mol. The Labute approximate surface area is 110 Å². The van der Waals surface area contributed by atoms with Crippen molar-refractivity contribution in [2.75, 3.05) is 7.05 Å². The summed E-state index contributed by atoms with van der Waals surface area (Å²) < 4.78 is 36.4. The number of rotatable bonds is 5. The second-order valence-electron chi connectivity index (χ2n) is 4.38. The molecule has 3 nitrogen and oxygen atoms in total. The van der Waals surface area contributed by atoms with Crippen molar-refractivity contribution < 1.29 is 18.0 Å². The number of nitrogens with one attached hydrogen (secondary N) is 2. The summed E-state index contributed by atoms with van der Waals surface area (Å²) in [5, 5.41) is 5.29. The molecule has 2 N–H and O–H groups in total. The summed E-state index contributed by atoms with van der Waals surface area (Å²) >= 11 is 0. The number of hydrogen-bond donors (Lipinski definition) is 2. The summed E-state index contributed by atoms with van der Waals surface area (Å²) in [6.07, 6.45) is -5.02. The minimum absolute atomic E-state index is 0.190. The number of benzene rings is 1. The molecule has 19 heavy (non-hydrogen) atoms. The number of halogens is 3. The monoisotopic (exact) mass is 274 g/mol. The first kappa shape index (κ1) is 15.5. The minimum Gasteiger partial charge on any atom is -0.355 e. The zero-order valence-electron chi connectivity index (χ0n) is 10.8. The lowest BCUT2D eigenvalue weighted by molar-refractivity contribution is -0.139. The quantitative estimate of drug-likeness (QED) is 0.866. The van der Waals surface area contributed by atoms with Gasteiger partial charge < -0.3 is 10.6 Å². The van der Waals surface area contributed by atoms with Gasteiger partial charge in [0.05, 0.1) is 6.42 Å². The van der Waals surface area contributed by atoms with Gasteiger partial charge in [0.15, 0.2) is 0 Å². The van der Waals surface area contributed by atoms with E-state index in [1.54, 1.807) is 24.3 Å². The predicted octanol–water partition coefficient (Wildman–Crippen LogP) is 2.48. The molecule has 0 aliphatic rings. The first-order valence-electron chi connectivity index (χ1n) is 5.93. The molecule has 6 heteroatoms. The molecule has 0 aliphatic heterocycles. The fourth-order valence-corrected chi connectivity index (χ4v) is 1.63. The summed E-state index contributed by atoms with van der Waals surface area (Å²) in [4.78, 5) is 11.3. The van der Waals surface area contributed by atoms with Crippen LogP contribution in [-0.4, -0.2) is 25.2 Å². The van der Waals surface area contributed by atoms with Gasteiger partial charge in [-0.1, -0.05) is 12.1 Å². The van der Waals surface area contributed by atoms with Crippen molar-refractivity contribution in [3.05, 3.63) is 35.4 Å². The Bertz CT molecular complexity index is 415. The molecule has 0 radical (unpaired) electrons. The first-order valence-corrected chi connectivity index (χ1v) is 5.93.